The summed E-state index contributed by atoms with van der Waals surface area (Å²) in [6, 6.07) is 2.86. The summed E-state index contributed by atoms with van der Waals surface area (Å²) < 4.78 is 0. The van der Waals surface area contributed by atoms with Gasteiger partial charge in [0, 0.05) is 17.7 Å². The van der Waals surface area contributed by atoms with Crippen molar-refractivity contribution in [2.75, 3.05) is 5.32 Å². The standard InChI is InChI=1S/C11H15N3O4/c1-11(2,3)13-10(16)12-8-6-7(14(17)18)4-5-9(8)15/h4-6,15H,1-3H3,(H2,12,13,16). The molecule has 7 nitrogen and oxygen atoms in total. The van der Waals surface area contributed by atoms with Crippen LogP contribution in [0.5, 0.6) is 5.75 Å². The van der Waals surface area contributed by atoms with E-state index in [9.17, 15) is 20.0 Å². The number of aromatic hydroxyl groups is 1. The molecule has 0 aliphatic heterocycles. The van der Waals surface area contributed by atoms with Crippen molar-refractivity contribution < 1.29 is 14.8 Å². The predicted octanol–water partition coefficient (Wildman–Crippen LogP) is 2.22. The lowest BCUT2D eigenvalue weighted by molar-refractivity contribution is -0.384. The van der Waals surface area contributed by atoms with E-state index in [0.717, 1.165) is 18.2 Å². The van der Waals surface area contributed by atoms with E-state index in [-0.39, 0.29) is 17.1 Å². The molecule has 0 heterocycles. The molecular formula is C11H15N3O4. The summed E-state index contributed by atoms with van der Waals surface area (Å²) in [5, 5.41) is 25.0. The summed E-state index contributed by atoms with van der Waals surface area (Å²) in [7, 11) is 0. The molecule has 0 aliphatic rings. The number of nitrogens with zero attached hydrogens (tertiary/aromatic N) is 1. The Labute approximate surface area is 104 Å². The number of nitro groups is 1. The predicted molar refractivity (Wildman–Crippen MR) is 66.7 cm³/mol. The van der Waals surface area contributed by atoms with Crippen molar-refractivity contribution >= 4 is 17.4 Å². The van der Waals surface area contributed by atoms with Crippen molar-refractivity contribution in [2.45, 2.75) is 26.3 Å². The lowest BCUT2D eigenvalue weighted by atomic mass is 10.1. The van der Waals surface area contributed by atoms with Gasteiger partial charge in [-0.2, -0.15) is 0 Å². The Kier molecular flexibility index (Phi) is 3.75. The number of carbonyl (C=O) groups is 1. The maximum atomic E-state index is 11.6. The lowest BCUT2D eigenvalue weighted by Gasteiger charge is -2.20. The van der Waals surface area contributed by atoms with E-state index in [2.05, 4.69) is 10.6 Å². The molecule has 0 unspecified atom stereocenters. The maximum absolute atomic E-state index is 11.6. The second-order valence-corrected chi connectivity index (χ2v) is 4.79. The van der Waals surface area contributed by atoms with Crippen LogP contribution in [0.15, 0.2) is 18.2 Å². The van der Waals surface area contributed by atoms with Crippen LogP contribution in [0.1, 0.15) is 20.8 Å². The van der Waals surface area contributed by atoms with Gasteiger partial charge in [0.1, 0.15) is 5.75 Å². The normalized spacial score (nSPS) is 10.8. The fourth-order valence-corrected chi connectivity index (χ4v) is 1.23. The fraction of sp³-hybridized carbons (Fsp3) is 0.364. The van der Waals surface area contributed by atoms with E-state index >= 15 is 0 Å². The van der Waals surface area contributed by atoms with Gasteiger partial charge in [0.15, 0.2) is 0 Å². The number of nitrogens with one attached hydrogen (secondary N) is 2. The minimum Gasteiger partial charge on any atom is -0.506 e. The summed E-state index contributed by atoms with van der Waals surface area (Å²) >= 11 is 0. The molecule has 7 heteroatoms. The van der Waals surface area contributed by atoms with Crippen LogP contribution in [0.4, 0.5) is 16.2 Å². The summed E-state index contributed by atoms with van der Waals surface area (Å²) in [5.74, 6) is -0.232. The number of anilines is 1. The molecule has 1 rings (SSSR count). The Morgan fingerprint density at radius 1 is 1.39 bits per heavy atom. The molecule has 1 aromatic rings. The highest BCUT2D eigenvalue weighted by Crippen LogP contribution is 2.27. The van der Waals surface area contributed by atoms with Crippen molar-refractivity contribution in [3.63, 3.8) is 0 Å². The van der Waals surface area contributed by atoms with Crippen molar-refractivity contribution in [3.8, 4) is 5.75 Å². The van der Waals surface area contributed by atoms with Gasteiger partial charge in [-0.15, -0.1) is 0 Å². The highest BCUT2D eigenvalue weighted by molar-refractivity contribution is 5.91. The van der Waals surface area contributed by atoms with Gasteiger partial charge >= 0.3 is 6.03 Å². The van der Waals surface area contributed by atoms with Gasteiger partial charge in [0.2, 0.25) is 0 Å². The molecule has 0 spiro atoms. The SMILES string of the molecule is CC(C)(C)NC(=O)Nc1cc([N+](=O)[O-])ccc1O. The minimum absolute atomic E-state index is 0.00838. The zero-order valence-electron chi connectivity index (χ0n) is 10.4. The Balaban J connectivity index is 2.87. The van der Waals surface area contributed by atoms with Gasteiger partial charge in [-0.05, 0) is 26.8 Å². The molecular weight excluding hydrogens is 238 g/mol. The number of benzene rings is 1. The molecule has 0 aromatic heterocycles. The van der Waals surface area contributed by atoms with Gasteiger partial charge in [-0.3, -0.25) is 10.1 Å². The van der Waals surface area contributed by atoms with Gasteiger partial charge in [0.05, 0.1) is 10.6 Å². The highest BCUT2D eigenvalue weighted by Gasteiger charge is 2.16. The Morgan fingerprint density at radius 3 is 2.50 bits per heavy atom. The Bertz CT molecular complexity index is 480. The van der Waals surface area contributed by atoms with E-state index in [0.29, 0.717) is 0 Å². The summed E-state index contributed by atoms with van der Waals surface area (Å²) in [6.45, 7) is 5.37. The zero-order chi connectivity index (χ0) is 13.9. The van der Waals surface area contributed by atoms with Crippen LogP contribution >= 0.6 is 0 Å². The molecule has 1 aromatic carbocycles. The number of hydrogen-bond donors (Lipinski definition) is 3. The van der Waals surface area contributed by atoms with Crippen molar-refractivity contribution in [1.29, 1.82) is 0 Å². The number of non-ortho nitro benzene ring substituents is 1. The van der Waals surface area contributed by atoms with Crippen LogP contribution in [0, 0.1) is 10.1 Å². The molecule has 18 heavy (non-hydrogen) atoms. The smallest absolute Gasteiger partial charge is 0.319 e. The second kappa shape index (κ2) is 4.91. The van der Waals surface area contributed by atoms with E-state index in [1.165, 1.54) is 0 Å². The third kappa shape index (κ3) is 3.93. The molecule has 0 bridgehead atoms. The topological polar surface area (TPSA) is 104 Å². The van der Waals surface area contributed by atoms with Crippen LogP contribution in [0.3, 0.4) is 0 Å². The summed E-state index contributed by atoms with van der Waals surface area (Å²) in [4.78, 5) is 21.5. The van der Waals surface area contributed by atoms with Crippen molar-refractivity contribution in [1.82, 2.24) is 5.32 Å². The van der Waals surface area contributed by atoms with Gasteiger partial charge in [0.25, 0.3) is 5.69 Å². The molecule has 2 amide bonds. The number of phenols is 1. The lowest BCUT2D eigenvalue weighted by Crippen LogP contribution is -2.43. The van der Waals surface area contributed by atoms with Gasteiger partial charge < -0.3 is 15.7 Å². The fourth-order valence-electron chi connectivity index (χ4n) is 1.23. The average Bonchev–Trinajstić information content (AvgIpc) is 2.18. The molecule has 0 radical (unpaired) electrons. The summed E-state index contributed by atoms with van der Waals surface area (Å²) in [5.41, 5.74) is -0.662. The van der Waals surface area contributed by atoms with Gasteiger partial charge in [-0.1, -0.05) is 0 Å². The molecule has 0 aliphatic carbocycles. The minimum atomic E-state index is -0.605. The largest absolute Gasteiger partial charge is 0.506 e. The van der Waals surface area contributed by atoms with Crippen LogP contribution in [-0.2, 0) is 0 Å². The Morgan fingerprint density at radius 2 is 2.00 bits per heavy atom. The number of nitro benzene ring substituents is 1. The zero-order valence-corrected chi connectivity index (χ0v) is 10.4. The number of rotatable bonds is 2. The number of urea groups is 1. The number of phenolic OH excluding ortho intramolecular Hbond substituents is 1. The first-order chi connectivity index (χ1) is 8.19. The first-order valence-electron chi connectivity index (χ1n) is 5.25. The highest BCUT2D eigenvalue weighted by atomic mass is 16.6. The average molecular weight is 253 g/mol. The molecule has 0 saturated carbocycles. The molecule has 0 saturated heterocycles. The number of hydrogen-bond acceptors (Lipinski definition) is 4. The Hall–Kier alpha value is -2.31. The second-order valence-electron chi connectivity index (χ2n) is 4.79. The van der Waals surface area contributed by atoms with Crippen LogP contribution in [0.2, 0.25) is 0 Å². The molecule has 3 N–H and O–H groups in total. The van der Waals surface area contributed by atoms with Gasteiger partial charge in [-0.25, -0.2) is 4.79 Å². The summed E-state index contributed by atoms with van der Waals surface area (Å²) in [6.07, 6.45) is 0. The van der Waals surface area contributed by atoms with E-state index in [1.54, 1.807) is 20.8 Å². The number of carbonyl (C=O) groups excluding carboxylic acids is 1. The van der Waals surface area contributed by atoms with E-state index in [4.69, 9.17) is 0 Å². The van der Waals surface area contributed by atoms with Crippen molar-refractivity contribution in [2.24, 2.45) is 0 Å². The van der Waals surface area contributed by atoms with E-state index < -0.39 is 16.5 Å². The third-order valence-corrected chi connectivity index (χ3v) is 1.93. The first-order valence-corrected chi connectivity index (χ1v) is 5.25. The van der Waals surface area contributed by atoms with Crippen LogP contribution in [0.25, 0.3) is 0 Å². The quantitative estimate of drug-likeness (QED) is 0.427. The monoisotopic (exact) mass is 253 g/mol. The maximum Gasteiger partial charge on any atom is 0.319 e. The first kappa shape index (κ1) is 13.8. The third-order valence-electron chi connectivity index (χ3n) is 1.93. The van der Waals surface area contributed by atoms with E-state index in [1.807, 2.05) is 0 Å². The van der Waals surface area contributed by atoms with Crippen LogP contribution < -0.4 is 10.6 Å². The molecule has 0 fully saturated rings. The number of amides is 2. The molecule has 98 valence electrons. The molecule has 0 atom stereocenters. The van der Waals surface area contributed by atoms with Crippen LogP contribution in [-0.4, -0.2) is 21.6 Å². The van der Waals surface area contributed by atoms with Crippen molar-refractivity contribution in [3.05, 3.63) is 28.3 Å².